The van der Waals surface area contributed by atoms with Gasteiger partial charge < -0.3 is 24.6 Å². The van der Waals surface area contributed by atoms with E-state index in [2.05, 4.69) is 15.1 Å². The highest BCUT2D eigenvalue weighted by Crippen LogP contribution is 2.56. The fraction of sp³-hybridized carbons (Fsp3) is 0.731. The largest absolute Gasteiger partial charge is 0.379 e. The third-order valence-corrected chi connectivity index (χ3v) is 10.1. The Hall–Kier alpha value is -1.05. The summed E-state index contributed by atoms with van der Waals surface area (Å²) in [5.41, 5.74) is 0.935. The first-order chi connectivity index (χ1) is 16.5. The van der Waals surface area contributed by atoms with E-state index in [1.807, 2.05) is 18.2 Å². The zero-order valence-corrected chi connectivity index (χ0v) is 21.4. The van der Waals surface area contributed by atoms with E-state index in [1.54, 1.807) is 7.11 Å². The fourth-order valence-electron chi connectivity index (χ4n) is 7.74. The molecule has 0 unspecified atom stereocenters. The Labute approximate surface area is 212 Å². The number of ether oxygens (including phenoxy) is 2. The number of rotatable bonds is 5. The van der Waals surface area contributed by atoms with E-state index < -0.39 is 0 Å². The van der Waals surface area contributed by atoms with Crippen molar-refractivity contribution in [2.45, 2.75) is 75.2 Å². The molecule has 2 saturated carbocycles. The van der Waals surface area contributed by atoms with Gasteiger partial charge in [-0.25, -0.2) is 0 Å². The van der Waals surface area contributed by atoms with Gasteiger partial charge in [0.05, 0.1) is 34.2 Å². The van der Waals surface area contributed by atoms with E-state index in [4.69, 9.17) is 32.7 Å². The number of benzene rings is 1. The average Bonchev–Trinajstić information content (AvgIpc) is 3.60. The molecule has 1 N–H and O–H groups in total. The summed E-state index contributed by atoms with van der Waals surface area (Å²) in [7, 11) is 1.77. The second-order valence-electron chi connectivity index (χ2n) is 11.0. The van der Waals surface area contributed by atoms with Crippen LogP contribution in [0.2, 0.25) is 10.0 Å². The van der Waals surface area contributed by atoms with Gasteiger partial charge in [0.1, 0.15) is 0 Å². The fourth-order valence-corrected chi connectivity index (χ4v) is 8.03. The summed E-state index contributed by atoms with van der Waals surface area (Å²) in [6.45, 7) is 3.14. The minimum Gasteiger partial charge on any atom is -0.379 e. The summed E-state index contributed by atoms with van der Waals surface area (Å²) >= 11 is 12.4. The maximum atomic E-state index is 14.1. The number of likely N-dealkylation sites (tertiary alicyclic amines) is 1. The maximum absolute atomic E-state index is 14.1. The third-order valence-electron chi connectivity index (χ3n) is 9.36. The zero-order valence-electron chi connectivity index (χ0n) is 19.8. The van der Waals surface area contributed by atoms with E-state index in [-0.39, 0.29) is 11.5 Å². The summed E-state index contributed by atoms with van der Waals surface area (Å²) in [6.07, 6.45) is 7.60. The number of nitrogens with one attached hydrogen (secondary N) is 1. The smallest absolute Gasteiger partial charge is 0.229 e. The van der Waals surface area contributed by atoms with Crippen LogP contribution in [-0.2, 0) is 14.3 Å². The Balaban J connectivity index is 1.14. The number of piperazine rings is 1. The summed E-state index contributed by atoms with van der Waals surface area (Å²) in [6, 6.07) is 7.24. The highest BCUT2D eigenvalue weighted by molar-refractivity contribution is 6.42. The van der Waals surface area contributed by atoms with Crippen molar-refractivity contribution in [3.05, 3.63) is 28.2 Å². The summed E-state index contributed by atoms with van der Waals surface area (Å²) in [4.78, 5) is 18.8. The Morgan fingerprint density at radius 3 is 2.82 bits per heavy atom. The van der Waals surface area contributed by atoms with Crippen LogP contribution in [0, 0.1) is 11.3 Å². The number of methoxy groups -OCH3 is 1. The standard InChI is InChI=1S/C26H35Cl2N3O3/c1-33-24-15-34-8-6-23(24)29-17-9-16-3-2-7-26(16,12-17)25(32)31-14-19-10-20(31)13-30(19)18-4-5-21(27)22(28)11-18/h4-5,11,16-17,19-20,23-24,29H,2-3,6-10,12-15H2,1H3/t16-,17-,19+,20+,23+,24-,26-/m1/s1. The van der Waals surface area contributed by atoms with Crippen LogP contribution in [0.4, 0.5) is 5.69 Å². The number of anilines is 1. The quantitative estimate of drug-likeness (QED) is 0.649. The lowest BCUT2D eigenvalue weighted by atomic mass is 9.78. The molecule has 2 aliphatic carbocycles. The molecule has 0 aromatic heterocycles. The molecule has 0 spiro atoms. The van der Waals surface area contributed by atoms with E-state index in [9.17, 15) is 4.79 Å². The molecule has 5 fully saturated rings. The first-order valence-corrected chi connectivity index (χ1v) is 13.6. The van der Waals surface area contributed by atoms with Crippen LogP contribution in [0.5, 0.6) is 0 Å². The first kappa shape index (κ1) is 23.4. The minimum atomic E-state index is -0.176. The van der Waals surface area contributed by atoms with Crippen molar-refractivity contribution >= 4 is 34.8 Å². The third kappa shape index (κ3) is 3.85. The molecule has 8 heteroatoms. The average molecular weight is 508 g/mol. The highest BCUT2D eigenvalue weighted by atomic mass is 35.5. The predicted octanol–water partition coefficient (Wildman–Crippen LogP) is 4.13. The Bertz CT molecular complexity index is 948. The van der Waals surface area contributed by atoms with Gasteiger partial charge in [-0.05, 0) is 62.6 Å². The molecule has 1 aromatic rings. The van der Waals surface area contributed by atoms with Crippen molar-refractivity contribution in [1.82, 2.24) is 10.2 Å². The molecular formula is C26H35Cl2N3O3. The molecule has 7 atom stereocenters. The monoisotopic (exact) mass is 507 g/mol. The topological polar surface area (TPSA) is 54.0 Å². The highest BCUT2D eigenvalue weighted by Gasteiger charge is 2.59. The van der Waals surface area contributed by atoms with E-state index >= 15 is 0 Å². The number of carbonyl (C=O) groups is 1. The summed E-state index contributed by atoms with van der Waals surface area (Å²) in [5.74, 6) is 0.930. The van der Waals surface area contributed by atoms with Crippen LogP contribution in [0.25, 0.3) is 0 Å². The molecule has 3 heterocycles. The predicted molar refractivity (Wildman–Crippen MR) is 134 cm³/mol. The zero-order chi connectivity index (χ0) is 23.4. The van der Waals surface area contributed by atoms with Crippen LogP contribution in [-0.4, -0.2) is 74.5 Å². The van der Waals surface area contributed by atoms with Gasteiger partial charge in [-0.2, -0.15) is 0 Å². The summed E-state index contributed by atoms with van der Waals surface area (Å²) < 4.78 is 11.3. The number of halogens is 2. The minimum absolute atomic E-state index is 0.0995. The second-order valence-corrected chi connectivity index (χ2v) is 11.9. The molecule has 3 aliphatic heterocycles. The van der Waals surface area contributed by atoms with E-state index in [0.717, 1.165) is 57.5 Å². The molecule has 1 aromatic carbocycles. The molecule has 6 rings (SSSR count). The molecule has 6 nitrogen and oxygen atoms in total. The van der Waals surface area contributed by atoms with Crippen molar-refractivity contribution in [2.24, 2.45) is 11.3 Å². The van der Waals surface area contributed by atoms with Gasteiger partial charge >= 0.3 is 0 Å². The van der Waals surface area contributed by atoms with E-state index in [1.165, 1.54) is 12.8 Å². The van der Waals surface area contributed by atoms with Crippen molar-refractivity contribution < 1.29 is 14.3 Å². The molecule has 5 aliphatic rings. The summed E-state index contributed by atoms with van der Waals surface area (Å²) in [5, 5.41) is 5.06. The lowest BCUT2D eigenvalue weighted by Gasteiger charge is -2.41. The lowest BCUT2D eigenvalue weighted by Crippen LogP contribution is -2.54. The van der Waals surface area contributed by atoms with Crippen LogP contribution < -0.4 is 10.2 Å². The van der Waals surface area contributed by atoms with Crippen molar-refractivity contribution in [3.63, 3.8) is 0 Å². The second kappa shape index (κ2) is 9.11. The number of hydrogen-bond acceptors (Lipinski definition) is 5. The molecular weight excluding hydrogens is 473 g/mol. The van der Waals surface area contributed by atoms with Gasteiger partial charge in [0.2, 0.25) is 5.91 Å². The molecule has 2 bridgehead atoms. The molecule has 3 saturated heterocycles. The SMILES string of the molecule is CO[C@@H]1COCC[C@@H]1N[C@@H]1C[C@H]2CCC[C@@]2(C(=O)N2C[C@@H]3C[C@H]2CN3c2ccc(Cl)c(Cl)c2)C1. The normalized spacial score (nSPS) is 39.1. The van der Waals surface area contributed by atoms with Crippen LogP contribution in [0.15, 0.2) is 18.2 Å². The van der Waals surface area contributed by atoms with Crippen molar-refractivity contribution in [2.75, 3.05) is 38.3 Å². The van der Waals surface area contributed by atoms with Gasteiger partial charge in [0, 0.05) is 50.6 Å². The van der Waals surface area contributed by atoms with Crippen molar-refractivity contribution in [3.8, 4) is 0 Å². The van der Waals surface area contributed by atoms with E-state index in [0.29, 0.717) is 52.6 Å². The van der Waals surface area contributed by atoms with Crippen molar-refractivity contribution in [1.29, 1.82) is 0 Å². The number of hydrogen-bond donors (Lipinski definition) is 1. The number of fused-ring (bicyclic) bond motifs is 3. The van der Waals surface area contributed by atoms with Gasteiger partial charge in [-0.15, -0.1) is 0 Å². The maximum Gasteiger partial charge on any atom is 0.229 e. The van der Waals surface area contributed by atoms with Crippen LogP contribution in [0.1, 0.15) is 44.9 Å². The number of carbonyl (C=O) groups excluding carboxylic acids is 1. The Kier molecular flexibility index (Phi) is 6.26. The van der Waals surface area contributed by atoms with Crippen LogP contribution in [0.3, 0.4) is 0 Å². The van der Waals surface area contributed by atoms with Gasteiger partial charge in [0.25, 0.3) is 0 Å². The first-order valence-electron chi connectivity index (χ1n) is 12.9. The molecule has 186 valence electrons. The van der Waals surface area contributed by atoms with Gasteiger partial charge in [-0.1, -0.05) is 29.6 Å². The Morgan fingerprint density at radius 2 is 2.06 bits per heavy atom. The molecule has 0 radical (unpaired) electrons. The van der Waals surface area contributed by atoms with Gasteiger partial charge in [0.15, 0.2) is 0 Å². The number of nitrogens with zero attached hydrogens (tertiary/aromatic N) is 2. The number of amides is 1. The van der Waals surface area contributed by atoms with Crippen LogP contribution >= 0.6 is 23.2 Å². The Morgan fingerprint density at radius 1 is 1.18 bits per heavy atom. The van der Waals surface area contributed by atoms with Gasteiger partial charge in [-0.3, -0.25) is 4.79 Å². The molecule has 1 amide bonds. The molecule has 34 heavy (non-hydrogen) atoms. The lowest BCUT2D eigenvalue weighted by molar-refractivity contribution is -0.144.